The average molecular weight is 273 g/mol. The van der Waals surface area contributed by atoms with Crippen LogP contribution >= 0.6 is 0 Å². The molecule has 0 bridgehead atoms. The van der Waals surface area contributed by atoms with Gasteiger partial charge in [0.05, 0.1) is 6.04 Å². The van der Waals surface area contributed by atoms with E-state index < -0.39 is 0 Å². The molecule has 0 saturated heterocycles. The number of allylic oxidation sites excluding steroid dienone is 6. The van der Waals surface area contributed by atoms with E-state index in [-0.39, 0.29) is 11.9 Å². The lowest BCUT2D eigenvalue weighted by molar-refractivity contribution is -0.117. The number of hydrogen-bond donors (Lipinski definition) is 1. The first-order valence-corrected chi connectivity index (χ1v) is 7.57. The Morgan fingerprint density at radius 3 is 3.00 bits per heavy atom. The molecular formula is C19H15NO. The number of nitrogens with one attached hydrogen (secondary N) is 1. The number of carbonyl (C=O) groups excluding carboxylic acids is 1. The van der Waals surface area contributed by atoms with Crippen molar-refractivity contribution in [3.8, 4) is 0 Å². The predicted octanol–water partition coefficient (Wildman–Crippen LogP) is 3.30. The predicted molar refractivity (Wildman–Crippen MR) is 81.5 cm³/mol. The molecule has 2 nitrogen and oxygen atoms in total. The van der Waals surface area contributed by atoms with E-state index in [2.05, 4.69) is 41.7 Å². The first kappa shape index (κ1) is 11.3. The Kier molecular flexibility index (Phi) is 2.08. The standard InChI is InChI=1S/C19H15NO/c21-19(15-7-6-14-16-9-12(16)10-17(14)15)20-18-8-5-11-3-1-2-4-13(11)18/h1-4,6-7,10,18H,5,8-9H2,(H,20,21)/t18-/m1/s1. The van der Waals surface area contributed by atoms with Gasteiger partial charge in [0.15, 0.2) is 0 Å². The lowest BCUT2D eigenvalue weighted by Crippen LogP contribution is -2.28. The summed E-state index contributed by atoms with van der Waals surface area (Å²) in [5.41, 5.74) is 8.76. The smallest absolute Gasteiger partial charge is 0.252 e. The fraction of sp³-hybridized carbons (Fsp3) is 0.211. The van der Waals surface area contributed by atoms with Crippen LogP contribution in [0.15, 0.2) is 70.4 Å². The molecule has 1 atom stereocenters. The van der Waals surface area contributed by atoms with Crippen molar-refractivity contribution in [2.45, 2.75) is 25.3 Å². The highest BCUT2D eigenvalue weighted by Crippen LogP contribution is 2.51. The van der Waals surface area contributed by atoms with E-state index in [1.807, 2.05) is 6.08 Å². The van der Waals surface area contributed by atoms with Gasteiger partial charge in [0, 0.05) is 5.57 Å². The minimum Gasteiger partial charge on any atom is -0.345 e. The third-order valence-corrected chi connectivity index (χ3v) is 4.95. The van der Waals surface area contributed by atoms with Crippen molar-refractivity contribution < 1.29 is 4.79 Å². The van der Waals surface area contributed by atoms with Crippen LogP contribution in [0, 0.1) is 0 Å². The molecule has 2 heteroatoms. The second-order valence-electron chi connectivity index (χ2n) is 6.16. The van der Waals surface area contributed by atoms with Gasteiger partial charge in [-0.25, -0.2) is 0 Å². The first-order chi connectivity index (χ1) is 10.3. The molecule has 0 heterocycles. The Morgan fingerprint density at radius 1 is 1.14 bits per heavy atom. The fourth-order valence-corrected chi connectivity index (χ4v) is 3.78. The number of aryl methyl sites for hydroxylation is 1. The molecule has 21 heavy (non-hydrogen) atoms. The van der Waals surface area contributed by atoms with Gasteiger partial charge in [-0.1, -0.05) is 30.3 Å². The fourth-order valence-electron chi connectivity index (χ4n) is 3.78. The second kappa shape index (κ2) is 3.85. The highest BCUT2D eigenvalue weighted by molar-refractivity contribution is 6.02. The van der Waals surface area contributed by atoms with Gasteiger partial charge in [-0.15, -0.1) is 0 Å². The highest BCUT2D eigenvalue weighted by Gasteiger charge is 2.36. The van der Waals surface area contributed by atoms with Crippen molar-refractivity contribution in [3.63, 3.8) is 0 Å². The molecule has 1 amide bonds. The Labute approximate surface area is 123 Å². The Morgan fingerprint density at radius 2 is 2.05 bits per heavy atom. The molecule has 0 aliphatic heterocycles. The number of rotatable bonds is 2. The number of hydrogen-bond acceptors (Lipinski definition) is 1. The molecule has 0 spiro atoms. The zero-order valence-corrected chi connectivity index (χ0v) is 11.6. The number of carbonyl (C=O) groups is 1. The number of benzene rings is 1. The summed E-state index contributed by atoms with van der Waals surface area (Å²) in [7, 11) is 0. The van der Waals surface area contributed by atoms with Gasteiger partial charge in [-0.05, 0) is 64.8 Å². The van der Waals surface area contributed by atoms with Crippen LogP contribution in [0.4, 0.5) is 0 Å². The molecule has 0 unspecified atom stereocenters. The van der Waals surface area contributed by atoms with Crippen LogP contribution in [0.3, 0.4) is 0 Å². The van der Waals surface area contributed by atoms with Gasteiger partial charge < -0.3 is 5.32 Å². The van der Waals surface area contributed by atoms with Crippen molar-refractivity contribution in [1.29, 1.82) is 0 Å². The minimum atomic E-state index is 0.0664. The lowest BCUT2D eigenvalue weighted by atomic mass is 10.1. The monoisotopic (exact) mass is 273 g/mol. The summed E-state index contributed by atoms with van der Waals surface area (Å²) in [6.07, 6.45) is 9.43. The molecule has 1 saturated carbocycles. The first-order valence-electron chi connectivity index (χ1n) is 7.57. The summed E-state index contributed by atoms with van der Waals surface area (Å²) in [4.78, 5) is 12.6. The molecule has 4 aliphatic carbocycles. The summed E-state index contributed by atoms with van der Waals surface area (Å²) in [5.74, 6) is 0.0664. The van der Waals surface area contributed by atoms with E-state index in [1.165, 1.54) is 27.8 Å². The zero-order valence-electron chi connectivity index (χ0n) is 11.6. The average Bonchev–Trinajstić information content (AvgIpc) is 2.87. The van der Waals surface area contributed by atoms with Crippen LogP contribution in [0.1, 0.15) is 30.0 Å². The molecule has 4 aliphatic rings. The van der Waals surface area contributed by atoms with Gasteiger partial charge in [-0.2, -0.15) is 0 Å². The molecule has 1 aromatic rings. The van der Waals surface area contributed by atoms with Gasteiger partial charge >= 0.3 is 0 Å². The van der Waals surface area contributed by atoms with Crippen LogP contribution in [0.2, 0.25) is 0 Å². The maximum atomic E-state index is 12.6. The lowest BCUT2D eigenvalue weighted by Gasteiger charge is -2.14. The maximum Gasteiger partial charge on any atom is 0.252 e. The molecule has 1 aromatic carbocycles. The van der Waals surface area contributed by atoms with E-state index in [0.717, 1.165) is 30.4 Å². The largest absolute Gasteiger partial charge is 0.345 e. The Bertz CT molecular complexity index is 820. The third-order valence-electron chi connectivity index (χ3n) is 4.95. The van der Waals surface area contributed by atoms with Gasteiger partial charge in [0.1, 0.15) is 0 Å². The summed E-state index contributed by atoms with van der Waals surface area (Å²) < 4.78 is 0. The molecule has 1 N–H and O–H groups in total. The molecule has 0 aromatic heterocycles. The molecule has 1 fully saturated rings. The highest BCUT2D eigenvalue weighted by atomic mass is 16.1. The summed E-state index contributed by atoms with van der Waals surface area (Å²) in [5, 5.41) is 3.22. The van der Waals surface area contributed by atoms with Crippen LogP contribution in [-0.4, -0.2) is 5.91 Å². The summed E-state index contributed by atoms with van der Waals surface area (Å²) >= 11 is 0. The SMILES string of the molecule is O=C(N[C@@H]1CCc2ccccc21)C1=C2C=C3CC3=C2C=C1. The maximum absolute atomic E-state index is 12.6. The Hall–Kier alpha value is -2.35. The van der Waals surface area contributed by atoms with E-state index >= 15 is 0 Å². The minimum absolute atomic E-state index is 0.0664. The van der Waals surface area contributed by atoms with Crippen molar-refractivity contribution >= 4 is 5.91 Å². The van der Waals surface area contributed by atoms with E-state index in [0.29, 0.717) is 0 Å². The third kappa shape index (κ3) is 1.56. The number of fused-ring (bicyclic) bond motifs is 3. The summed E-state index contributed by atoms with van der Waals surface area (Å²) in [6.45, 7) is 0. The topological polar surface area (TPSA) is 29.1 Å². The molecule has 0 radical (unpaired) electrons. The molecule has 102 valence electrons. The van der Waals surface area contributed by atoms with Crippen molar-refractivity contribution in [1.82, 2.24) is 5.32 Å². The van der Waals surface area contributed by atoms with Crippen molar-refractivity contribution in [3.05, 3.63) is 81.5 Å². The van der Waals surface area contributed by atoms with E-state index in [9.17, 15) is 4.79 Å². The molecule has 5 rings (SSSR count). The molecular weight excluding hydrogens is 258 g/mol. The van der Waals surface area contributed by atoms with Crippen molar-refractivity contribution in [2.24, 2.45) is 0 Å². The zero-order chi connectivity index (χ0) is 14.0. The van der Waals surface area contributed by atoms with Crippen LogP contribution in [-0.2, 0) is 11.2 Å². The van der Waals surface area contributed by atoms with Crippen LogP contribution in [0.25, 0.3) is 0 Å². The number of amides is 1. The van der Waals surface area contributed by atoms with Crippen LogP contribution < -0.4 is 5.32 Å². The Balaban J connectivity index is 1.43. The normalized spacial score (nSPS) is 24.0. The van der Waals surface area contributed by atoms with Crippen LogP contribution in [0.5, 0.6) is 0 Å². The van der Waals surface area contributed by atoms with Gasteiger partial charge in [-0.3, -0.25) is 4.79 Å². The summed E-state index contributed by atoms with van der Waals surface area (Å²) in [6, 6.07) is 8.59. The van der Waals surface area contributed by atoms with Gasteiger partial charge in [0.25, 0.3) is 5.91 Å². The van der Waals surface area contributed by atoms with Crippen molar-refractivity contribution in [2.75, 3.05) is 0 Å². The van der Waals surface area contributed by atoms with E-state index in [4.69, 9.17) is 0 Å². The van der Waals surface area contributed by atoms with Gasteiger partial charge in [0.2, 0.25) is 0 Å². The quantitative estimate of drug-likeness (QED) is 0.880. The van der Waals surface area contributed by atoms with E-state index in [1.54, 1.807) is 0 Å². The second-order valence-corrected chi connectivity index (χ2v) is 6.16.